The quantitative estimate of drug-likeness (QED) is 0.656. The first kappa shape index (κ1) is 15.6. The molecular formula is C15H20Cl2N2O. The van der Waals surface area contributed by atoms with E-state index in [-0.39, 0.29) is 16.2 Å². The Hall–Kier alpha value is -0.770. The van der Waals surface area contributed by atoms with Gasteiger partial charge in [0.05, 0.1) is 15.7 Å². The van der Waals surface area contributed by atoms with Crippen LogP contribution < -0.4 is 11.1 Å². The van der Waals surface area contributed by atoms with Gasteiger partial charge < -0.3 is 11.1 Å². The van der Waals surface area contributed by atoms with E-state index in [1.54, 1.807) is 12.1 Å². The second kappa shape index (κ2) is 5.92. The van der Waals surface area contributed by atoms with Crippen molar-refractivity contribution in [1.29, 1.82) is 0 Å². The van der Waals surface area contributed by atoms with Crippen LogP contribution in [-0.2, 0) is 0 Å². The molecule has 0 spiro atoms. The molecule has 1 aromatic rings. The number of ketones is 1. The van der Waals surface area contributed by atoms with Gasteiger partial charge in [-0.1, -0.05) is 37.0 Å². The normalized spacial score (nSPS) is 22.4. The SMILES string of the molecule is CC(C)C[C@@]1(C(=O)c2ccc(Cl)c(Cl)c2N)CCNC1. The number of halogens is 2. The number of benzene rings is 1. The number of rotatable bonds is 4. The lowest BCUT2D eigenvalue weighted by Gasteiger charge is -2.29. The van der Waals surface area contributed by atoms with Crippen molar-refractivity contribution in [2.24, 2.45) is 11.3 Å². The number of nitrogen functional groups attached to an aromatic ring is 1. The molecule has 5 heteroatoms. The minimum absolute atomic E-state index is 0.0762. The van der Waals surface area contributed by atoms with Gasteiger partial charge in [0.25, 0.3) is 0 Å². The summed E-state index contributed by atoms with van der Waals surface area (Å²) >= 11 is 12.0. The molecule has 0 aromatic heterocycles. The van der Waals surface area contributed by atoms with Gasteiger partial charge in [0, 0.05) is 17.5 Å². The van der Waals surface area contributed by atoms with Crippen molar-refractivity contribution in [1.82, 2.24) is 5.32 Å². The highest BCUT2D eigenvalue weighted by molar-refractivity contribution is 6.44. The smallest absolute Gasteiger partial charge is 0.172 e. The minimum atomic E-state index is -0.376. The third kappa shape index (κ3) is 2.80. The topological polar surface area (TPSA) is 55.1 Å². The number of Topliss-reactive ketones (excluding diaryl/α,β-unsaturated/α-hetero) is 1. The third-order valence-corrected chi connectivity index (χ3v) is 4.72. The molecule has 1 heterocycles. The van der Waals surface area contributed by atoms with Crippen molar-refractivity contribution in [3.05, 3.63) is 27.7 Å². The Kier molecular flexibility index (Phi) is 4.62. The Balaban J connectivity index is 2.41. The molecule has 3 N–H and O–H groups in total. The first-order valence-electron chi connectivity index (χ1n) is 6.86. The maximum atomic E-state index is 13.0. The summed E-state index contributed by atoms with van der Waals surface area (Å²) in [4.78, 5) is 13.0. The van der Waals surface area contributed by atoms with E-state index >= 15 is 0 Å². The zero-order valence-electron chi connectivity index (χ0n) is 11.8. The molecule has 0 aliphatic carbocycles. The number of hydrogen-bond donors (Lipinski definition) is 2. The zero-order valence-corrected chi connectivity index (χ0v) is 13.3. The Morgan fingerprint density at radius 1 is 1.45 bits per heavy atom. The van der Waals surface area contributed by atoms with Gasteiger partial charge in [-0.05, 0) is 37.4 Å². The molecule has 0 radical (unpaired) electrons. The van der Waals surface area contributed by atoms with Crippen molar-refractivity contribution in [3.63, 3.8) is 0 Å². The molecule has 110 valence electrons. The first-order chi connectivity index (χ1) is 9.37. The summed E-state index contributed by atoms with van der Waals surface area (Å²) in [6, 6.07) is 3.32. The van der Waals surface area contributed by atoms with E-state index in [1.807, 2.05) is 0 Å². The summed E-state index contributed by atoms with van der Waals surface area (Å²) in [5.74, 6) is 0.523. The van der Waals surface area contributed by atoms with Gasteiger partial charge >= 0.3 is 0 Å². The molecule has 0 saturated carbocycles. The van der Waals surface area contributed by atoms with Crippen molar-refractivity contribution >= 4 is 34.7 Å². The lowest BCUT2D eigenvalue weighted by molar-refractivity contribution is 0.0783. The summed E-state index contributed by atoms with van der Waals surface area (Å²) in [6.07, 6.45) is 1.68. The lowest BCUT2D eigenvalue weighted by Crippen LogP contribution is -2.35. The van der Waals surface area contributed by atoms with Crippen LogP contribution in [0.15, 0.2) is 12.1 Å². The fourth-order valence-electron chi connectivity index (χ4n) is 3.04. The molecule has 1 aliphatic rings. The number of nitrogens with two attached hydrogens (primary N) is 1. The summed E-state index contributed by atoms with van der Waals surface area (Å²) in [5.41, 5.74) is 6.39. The number of nitrogens with one attached hydrogen (secondary N) is 1. The van der Waals surface area contributed by atoms with Crippen LogP contribution in [0.5, 0.6) is 0 Å². The molecule has 2 rings (SSSR count). The van der Waals surface area contributed by atoms with E-state index in [0.29, 0.717) is 28.7 Å². The van der Waals surface area contributed by atoms with Crippen LogP contribution in [0.25, 0.3) is 0 Å². The molecule has 0 unspecified atom stereocenters. The van der Waals surface area contributed by atoms with Crippen molar-refractivity contribution in [3.8, 4) is 0 Å². The van der Waals surface area contributed by atoms with E-state index in [1.165, 1.54) is 0 Å². The van der Waals surface area contributed by atoms with Crippen LogP contribution in [0.2, 0.25) is 10.0 Å². The Morgan fingerprint density at radius 2 is 2.15 bits per heavy atom. The average molecular weight is 315 g/mol. The zero-order chi connectivity index (χ0) is 14.9. The van der Waals surface area contributed by atoms with Gasteiger partial charge in [0.1, 0.15) is 0 Å². The predicted molar refractivity (Wildman–Crippen MR) is 84.6 cm³/mol. The number of hydrogen-bond acceptors (Lipinski definition) is 3. The van der Waals surface area contributed by atoms with E-state index in [0.717, 1.165) is 19.4 Å². The number of anilines is 1. The maximum absolute atomic E-state index is 13.0. The molecule has 1 saturated heterocycles. The highest BCUT2D eigenvalue weighted by Crippen LogP contribution is 2.40. The van der Waals surface area contributed by atoms with E-state index in [4.69, 9.17) is 28.9 Å². The van der Waals surface area contributed by atoms with E-state index in [2.05, 4.69) is 19.2 Å². The lowest BCUT2D eigenvalue weighted by atomic mass is 9.73. The second-order valence-corrected chi connectivity index (χ2v) is 6.74. The van der Waals surface area contributed by atoms with Crippen molar-refractivity contribution < 1.29 is 4.79 Å². The van der Waals surface area contributed by atoms with Crippen molar-refractivity contribution in [2.45, 2.75) is 26.7 Å². The summed E-state index contributed by atoms with van der Waals surface area (Å²) < 4.78 is 0. The van der Waals surface area contributed by atoms with E-state index < -0.39 is 0 Å². The fraction of sp³-hybridized carbons (Fsp3) is 0.533. The largest absolute Gasteiger partial charge is 0.397 e. The monoisotopic (exact) mass is 314 g/mol. The van der Waals surface area contributed by atoms with Crippen LogP contribution >= 0.6 is 23.2 Å². The molecule has 0 amide bonds. The third-order valence-electron chi connectivity index (χ3n) is 3.90. The molecule has 1 aromatic carbocycles. The van der Waals surface area contributed by atoms with Gasteiger partial charge in [0.15, 0.2) is 5.78 Å². The highest BCUT2D eigenvalue weighted by Gasteiger charge is 2.42. The number of carbonyl (C=O) groups is 1. The van der Waals surface area contributed by atoms with Crippen LogP contribution in [-0.4, -0.2) is 18.9 Å². The van der Waals surface area contributed by atoms with E-state index in [9.17, 15) is 4.79 Å². The predicted octanol–water partition coefficient (Wildman–Crippen LogP) is 3.78. The summed E-state index contributed by atoms with van der Waals surface area (Å²) in [6.45, 7) is 5.82. The fourth-order valence-corrected chi connectivity index (χ4v) is 3.37. The van der Waals surface area contributed by atoms with Crippen LogP contribution in [0.1, 0.15) is 37.0 Å². The second-order valence-electron chi connectivity index (χ2n) is 5.96. The minimum Gasteiger partial charge on any atom is -0.397 e. The molecule has 1 fully saturated rings. The van der Waals surface area contributed by atoms with Gasteiger partial charge in [-0.2, -0.15) is 0 Å². The molecule has 0 bridgehead atoms. The molecule has 3 nitrogen and oxygen atoms in total. The molecule has 20 heavy (non-hydrogen) atoms. The van der Waals surface area contributed by atoms with Crippen LogP contribution in [0, 0.1) is 11.3 Å². The maximum Gasteiger partial charge on any atom is 0.172 e. The van der Waals surface area contributed by atoms with Crippen LogP contribution in [0.3, 0.4) is 0 Å². The molecular weight excluding hydrogens is 295 g/mol. The summed E-state index contributed by atoms with van der Waals surface area (Å²) in [5, 5.41) is 3.94. The van der Waals surface area contributed by atoms with Gasteiger partial charge in [-0.3, -0.25) is 4.79 Å². The molecule has 1 aliphatic heterocycles. The highest BCUT2D eigenvalue weighted by atomic mass is 35.5. The first-order valence-corrected chi connectivity index (χ1v) is 7.62. The van der Waals surface area contributed by atoms with Gasteiger partial charge in [-0.25, -0.2) is 0 Å². The van der Waals surface area contributed by atoms with Crippen LogP contribution in [0.4, 0.5) is 5.69 Å². The number of carbonyl (C=O) groups excluding carboxylic acids is 1. The molecule has 1 atom stereocenters. The average Bonchev–Trinajstić information content (AvgIpc) is 2.84. The Labute approximate surface area is 129 Å². The Bertz CT molecular complexity index is 523. The van der Waals surface area contributed by atoms with Crippen molar-refractivity contribution in [2.75, 3.05) is 18.8 Å². The standard InChI is InChI=1S/C15H20Cl2N2O/c1-9(2)7-15(5-6-19-8-15)14(20)10-3-4-11(16)12(17)13(10)18/h3-4,9,19H,5-8,18H2,1-2H3/t15-/m0/s1. The van der Waals surface area contributed by atoms with Gasteiger partial charge in [-0.15, -0.1) is 0 Å². The summed E-state index contributed by atoms with van der Waals surface area (Å²) in [7, 11) is 0. The van der Waals surface area contributed by atoms with Gasteiger partial charge in [0.2, 0.25) is 0 Å². The Morgan fingerprint density at radius 3 is 2.70 bits per heavy atom.